The Morgan fingerprint density at radius 1 is 0.967 bits per heavy atom. The van der Waals surface area contributed by atoms with E-state index in [2.05, 4.69) is 20.3 Å². The Morgan fingerprint density at radius 3 is 2.20 bits per heavy atom. The third kappa shape index (κ3) is 6.00. The van der Waals surface area contributed by atoms with Crippen LogP contribution in [-0.2, 0) is 19.2 Å². The average molecular weight is 416 g/mol. The molecule has 0 bridgehead atoms. The number of para-hydroxylation sites is 1. The third-order valence-electron chi connectivity index (χ3n) is 3.69. The Bertz CT molecular complexity index is 926. The van der Waals surface area contributed by atoms with E-state index in [0.29, 0.717) is 40.0 Å². The van der Waals surface area contributed by atoms with Gasteiger partial charge in [0.15, 0.2) is 5.71 Å². The molecular formula is C21H28N4O5. The molecule has 2 aromatic rings. The monoisotopic (exact) mass is 416 g/mol. The van der Waals surface area contributed by atoms with Crippen molar-refractivity contribution in [3.8, 4) is 11.6 Å². The number of carbonyl (C=O) groups excluding carboxylic acids is 1. The number of nitrogens with zero attached hydrogens (tertiary/aromatic N) is 4. The zero-order chi connectivity index (χ0) is 22.7. The van der Waals surface area contributed by atoms with Crippen LogP contribution >= 0.6 is 0 Å². The number of esters is 1. The van der Waals surface area contributed by atoms with Gasteiger partial charge < -0.3 is 19.1 Å². The lowest BCUT2D eigenvalue weighted by atomic mass is 10.1. The predicted octanol–water partition coefficient (Wildman–Crippen LogP) is 3.81. The highest BCUT2D eigenvalue weighted by Gasteiger charge is 2.22. The van der Waals surface area contributed by atoms with Crippen LogP contribution in [-0.4, -0.2) is 48.7 Å². The first-order valence-electron chi connectivity index (χ1n) is 9.33. The number of benzene rings is 1. The fourth-order valence-electron chi connectivity index (χ4n) is 2.47. The average Bonchev–Trinajstić information content (AvgIpc) is 2.76. The molecule has 0 spiro atoms. The van der Waals surface area contributed by atoms with Gasteiger partial charge in [0, 0.05) is 5.56 Å². The van der Waals surface area contributed by atoms with Crippen LogP contribution in [0.25, 0.3) is 0 Å². The van der Waals surface area contributed by atoms with Gasteiger partial charge in [0.1, 0.15) is 31.5 Å². The zero-order valence-electron chi connectivity index (χ0n) is 18.6. The number of oxime groups is 2. The Hall–Kier alpha value is -3.49. The first-order valence-corrected chi connectivity index (χ1v) is 9.33. The van der Waals surface area contributed by atoms with E-state index in [0.717, 1.165) is 0 Å². The Kier molecular flexibility index (Phi) is 9.94. The van der Waals surface area contributed by atoms with Crippen LogP contribution in [0.1, 0.15) is 43.4 Å². The fraction of sp³-hybridized carbons (Fsp3) is 0.381. The van der Waals surface area contributed by atoms with Crippen molar-refractivity contribution in [1.29, 1.82) is 0 Å². The van der Waals surface area contributed by atoms with Crippen molar-refractivity contribution >= 4 is 17.4 Å². The van der Waals surface area contributed by atoms with Crippen LogP contribution < -0.4 is 4.74 Å². The lowest BCUT2D eigenvalue weighted by Crippen LogP contribution is -2.18. The van der Waals surface area contributed by atoms with Crippen molar-refractivity contribution in [3.05, 3.63) is 46.9 Å². The Balaban J connectivity index is 0.00000218. The number of rotatable bonds is 7. The standard InChI is InChI=1S/C19H22N4O5.C2H6/c1-11-16(12(2)22-26-5)20-13(3)21-18(11)28-15-10-8-7-9-14(15)17(23-27-6)19(24)25-4;1-2/h7-10H,1-6H3;1-2H3/b22-12-,23-17+;. The summed E-state index contributed by atoms with van der Waals surface area (Å²) >= 11 is 0. The molecule has 0 fully saturated rings. The molecule has 0 unspecified atom stereocenters. The normalized spacial score (nSPS) is 11.2. The molecule has 1 aromatic heterocycles. The van der Waals surface area contributed by atoms with Gasteiger partial charge in [-0.05, 0) is 32.9 Å². The maximum Gasteiger partial charge on any atom is 0.360 e. The molecular weight excluding hydrogens is 388 g/mol. The molecule has 0 N–H and O–H groups in total. The number of hydrogen-bond donors (Lipinski definition) is 0. The summed E-state index contributed by atoms with van der Waals surface area (Å²) in [6.45, 7) is 9.33. The Labute approximate surface area is 176 Å². The van der Waals surface area contributed by atoms with Gasteiger partial charge in [-0.15, -0.1) is 0 Å². The fourth-order valence-corrected chi connectivity index (χ4v) is 2.47. The van der Waals surface area contributed by atoms with Crippen molar-refractivity contribution in [2.45, 2.75) is 34.6 Å². The van der Waals surface area contributed by atoms with Gasteiger partial charge in [0.2, 0.25) is 5.88 Å². The number of carbonyl (C=O) groups is 1. The SMILES string of the molecule is CC.CO/N=C(/C)c1nc(C)nc(Oc2ccccc2/C(=N\OC)C(=O)OC)c1C. The summed E-state index contributed by atoms with van der Waals surface area (Å²) in [5.74, 6) is 0.522. The minimum Gasteiger partial charge on any atom is -0.464 e. The quantitative estimate of drug-likeness (QED) is 0.384. The second-order valence-electron chi connectivity index (χ2n) is 5.62. The van der Waals surface area contributed by atoms with Crippen LogP contribution in [0.5, 0.6) is 11.6 Å². The van der Waals surface area contributed by atoms with E-state index in [1.807, 2.05) is 20.8 Å². The lowest BCUT2D eigenvalue weighted by Gasteiger charge is -2.14. The lowest BCUT2D eigenvalue weighted by molar-refractivity contribution is -0.132. The van der Waals surface area contributed by atoms with E-state index >= 15 is 0 Å². The maximum atomic E-state index is 12.1. The molecule has 0 saturated carbocycles. The third-order valence-corrected chi connectivity index (χ3v) is 3.69. The minimum atomic E-state index is -0.655. The van der Waals surface area contributed by atoms with Crippen molar-refractivity contribution < 1.29 is 23.9 Å². The highest BCUT2D eigenvalue weighted by molar-refractivity contribution is 6.43. The van der Waals surface area contributed by atoms with E-state index in [1.54, 1.807) is 38.1 Å². The maximum absolute atomic E-state index is 12.1. The van der Waals surface area contributed by atoms with Gasteiger partial charge in [-0.3, -0.25) is 0 Å². The molecule has 162 valence electrons. The molecule has 0 radical (unpaired) electrons. The van der Waals surface area contributed by atoms with Gasteiger partial charge in [-0.1, -0.05) is 36.3 Å². The van der Waals surface area contributed by atoms with Gasteiger partial charge in [-0.2, -0.15) is 4.98 Å². The summed E-state index contributed by atoms with van der Waals surface area (Å²) in [6, 6.07) is 6.87. The summed E-state index contributed by atoms with van der Waals surface area (Å²) in [5.41, 5.74) is 2.22. The van der Waals surface area contributed by atoms with E-state index in [1.165, 1.54) is 21.3 Å². The molecule has 0 aliphatic rings. The molecule has 0 aliphatic heterocycles. The van der Waals surface area contributed by atoms with Crippen LogP contribution in [0.3, 0.4) is 0 Å². The summed E-state index contributed by atoms with van der Waals surface area (Å²) < 4.78 is 10.8. The van der Waals surface area contributed by atoms with Crippen LogP contribution in [0.15, 0.2) is 34.6 Å². The van der Waals surface area contributed by atoms with Crippen molar-refractivity contribution in [1.82, 2.24) is 9.97 Å². The first kappa shape index (κ1) is 24.5. The molecule has 0 amide bonds. The number of ether oxygens (including phenoxy) is 2. The van der Waals surface area contributed by atoms with E-state index in [4.69, 9.17) is 19.1 Å². The van der Waals surface area contributed by atoms with E-state index in [9.17, 15) is 4.79 Å². The highest BCUT2D eigenvalue weighted by Crippen LogP contribution is 2.28. The summed E-state index contributed by atoms with van der Waals surface area (Å²) in [7, 11) is 4.07. The first-order chi connectivity index (χ1) is 14.4. The molecule has 30 heavy (non-hydrogen) atoms. The van der Waals surface area contributed by atoms with Gasteiger partial charge >= 0.3 is 5.97 Å². The van der Waals surface area contributed by atoms with Gasteiger partial charge in [-0.25, -0.2) is 9.78 Å². The highest BCUT2D eigenvalue weighted by atomic mass is 16.6. The summed E-state index contributed by atoms with van der Waals surface area (Å²) in [6.07, 6.45) is 0. The smallest absolute Gasteiger partial charge is 0.360 e. The molecule has 1 aromatic carbocycles. The predicted molar refractivity (Wildman–Crippen MR) is 114 cm³/mol. The molecule has 9 nitrogen and oxygen atoms in total. The number of aryl methyl sites for hydroxylation is 1. The van der Waals surface area contributed by atoms with Gasteiger partial charge in [0.25, 0.3) is 0 Å². The van der Waals surface area contributed by atoms with Crippen LogP contribution in [0, 0.1) is 13.8 Å². The van der Waals surface area contributed by atoms with Crippen LogP contribution in [0.2, 0.25) is 0 Å². The van der Waals surface area contributed by atoms with E-state index in [-0.39, 0.29) is 5.71 Å². The largest absolute Gasteiger partial charge is 0.464 e. The van der Waals surface area contributed by atoms with Crippen molar-refractivity contribution in [2.75, 3.05) is 21.3 Å². The second-order valence-corrected chi connectivity index (χ2v) is 5.62. The zero-order valence-corrected chi connectivity index (χ0v) is 18.6. The number of hydrogen-bond acceptors (Lipinski definition) is 9. The Morgan fingerprint density at radius 2 is 1.60 bits per heavy atom. The van der Waals surface area contributed by atoms with Crippen LogP contribution in [0.4, 0.5) is 0 Å². The molecule has 2 rings (SSSR count). The molecule has 0 atom stereocenters. The summed E-state index contributed by atoms with van der Waals surface area (Å²) in [4.78, 5) is 30.5. The van der Waals surface area contributed by atoms with Crippen molar-refractivity contribution in [3.63, 3.8) is 0 Å². The summed E-state index contributed by atoms with van der Waals surface area (Å²) in [5, 5.41) is 7.69. The molecule has 9 heteroatoms. The van der Waals surface area contributed by atoms with Crippen molar-refractivity contribution in [2.24, 2.45) is 10.3 Å². The van der Waals surface area contributed by atoms with Gasteiger partial charge in [0.05, 0.1) is 18.4 Å². The number of methoxy groups -OCH3 is 1. The second kappa shape index (κ2) is 12.2. The topological polar surface area (TPSA) is 104 Å². The molecule has 1 heterocycles. The number of aromatic nitrogens is 2. The van der Waals surface area contributed by atoms with E-state index < -0.39 is 5.97 Å². The molecule has 0 saturated heterocycles. The molecule has 0 aliphatic carbocycles. The minimum absolute atomic E-state index is 0.0265.